The van der Waals surface area contributed by atoms with Gasteiger partial charge in [-0.2, -0.15) is 12.6 Å². The van der Waals surface area contributed by atoms with Gasteiger partial charge in [0.25, 0.3) is 0 Å². The zero-order chi connectivity index (χ0) is 20.9. The largest absolute Gasteiger partial charge is 0.447 e. The number of thiol groups is 1. The zero-order valence-corrected chi connectivity index (χ0v) is 18.8. The van der Waals surface area contributed by atoms with Gasteiger partial charge in [0.1, 0.15) is 6.61 Å². The van der Waals surface area contributed by atoms with Gasteiger partial charge < -0.3 is 29.0 Å². The van der Waals surface area contributed by atoms with Crippen LogP contribution in [0.25, 0.3) is 0 Å². The van der Waals surface area contributed by atoms with E-state index in [4.69, 9.17) is 23.7 Å². The molecule has 1 saturated carbocycles. The van der Waals surface area contributed by atoms with Crippen molar-refractivity contribution >= 4 is 18.7 Å². The summed E-state index contributed by atoms with van der Waals surface area (Å²) < 4.78 is 26.5. The molecule has 7 nitrogen and oxygen atoms in total. The zero-order valence-electron chi connectivity index (χ0n) is 18.0. The van der Waals surface area contributed by atoms with Crippen LogP contribution < -0.4 is 5.32 Å². The molecule has 1 aliphatic rings. The number of carbonyl (C=O) groups excluding carboxylic acids is 1. The van der Waals surface area contributed by atoms with Crippen molar-refractivity contribution in [1.29, 1.82) is 0 Å². The molecule has 1 N–H and O–H groups in total. The SMILES string of the molecule is CC.CCCOCCOCCOCCOCCOC(=O)NC1CCC(S)CC1. The van der Waals surface area contributed by atoms with Gasteiger partial charge in [-0.3, -0.25) is 0 Å². The van der Waals surface area contributed by atoms with Gasteiger partial charge in [0.15, 0.2) is 0 Å². The van der Waals surface area contributed by atoms with Crippen molar-refractivity contribution in [3.8, 4) is 0 Å². The van der Waals surface area contributed by atoms with Crippen LogP contribution in [0, 0.1) is 0 Å². The van der Waals surface area contributed by atoms with Crippen molar-refractivity contribution in [2.45, 2.75) is 64.2 Å². The topological polar surface area (TPSA) is 75.2 Å². The van der Waals surface area contributed by atoms with Gasteiger partial charge in [0, 0.05) is 17.9 Å². The fraction of sp³-hybridized carbons (Fsp3) is 0.950. The number of amides is 1. The van der Waals surface area contributed by atoms with Crippen molar-refractivity contribution in [1.82, 2.24) is 5.32 Å². The van der Waals surface area contributed by atoms with E-state index >= 15 is 0 Å². The molecule has 0 saturated heterocycles. The highest BCUT2D eigenvalue weighted by atomic mass is 32.1. The molecule has 28 heavy (non-hydrogen) atoms. The normalized spacial score (nSPS) is 18.9. The van der Waals surface area contributed by atoms with E-state index in [2.05, 4.69) is 24.9 Å². The highest BCUT2D eigenvalue weighted by molar-refractivity contribution is 7.80. The summed E-state index contributed by atoms with van der Waals surface area (Å²) in [5.41, 5.74) is 0. The second kappa shape index (κ2) is 21.2. The number of rotatable bonds is 15. The maximum absolute atomic E-state index is 11.7. The fourth-order valence-corrected chi connectivity index (χ4v) is 2.83. The van der Waals surface area contributed by atoms with E-state index in [9.17, 15) is 4.79 Å². The maximum Gasteiger partial charge on any atom is 0.407 e. The summed E-state index contributed by atoms with van der Waals surface area (Å²) in [5.74, 6) is 0. The standard InChI is InChI=1S/C18H35NO6S.C2H6/c1-2-7-21-8-9-22-10-11-23-12-13-24-14-15-25-18(20)19-16-3-5-17(26)6-4-16;1-2/h16-17,26H,2-15H2,1H3,(H,19,20);1-2H3. The molecule has 1 rings (SSSR count). The molecule has 0 atom stereocenters. The minimum Gasteiger partial charge on any atom is -0.447 e. The molecule has 0 aromatic rings. The van der Waals surface area contributed by atoms with E-state index in [0.29, 0.717) is 51.5 Å². The lowest BCUT2D eigenvalue weighted by Crippen LogP contribution is -2.38. The monoisotopic (exact) mass is 423 g/mol. The first kappa shape index (κ1) is 27.5. The lowest BCUT2D eigenvalue weighted by atomic mass is 9.95. The summed E-state index contributed by atoms with van der Waals surface area (Å²) in [6, 6.07) is 0.209. The molecule has 0 aromatic carbocycles. The highest BCUT2D eigenvalue weighted by Gasteiger charge is 2.20. The van der Waals surface area contributed by atoms with Crippen LogP contribution in [-0.4, -0.2) is 76.8 Å². The Labute approximate surface area is 176 Å². The summed E-state index contributed by atoms with van der Waals surface area (Å²) in [4.78, 5) is 11.7. The minimum atomic E-state index is -0.368. The second-order valence-corrected chi connectivity index (χ2v) is 6.97. The van der Waals surface area contributed by atoms with Crippen LogP contribution in [0.5, 0.6) is 0 Å². The van der Waals surface area contributed by atoms with Crippen molar-refractivity contribution in [3.05, 3.63) is 0 Å². The molecule has 0 spiro atoms. The van der Waals surface area contributed by atoms with Gasteiger partial charge in [0.05, 0.1) is 46.2 Å². The molecule has 1 amide bonds. The minimum absolute atomic E-state index is 0.209. The van der Waals surface area contributed by atoms with Gasteiger partial charge in [-0.05, 0) is 32.1 Å². The molecule has 0 aromatic heterocycles. The molecule has 1 fully saturated rings. The summed E-state index contributed by atoms with van der Waals surface area (Å²) in [7, 11) is 0. The van der Waals surface area contributed by atoms with Crippen LogP contribution >= 0.6 is 12.6 Å². The molecule has 0 aliphatic heterocycles. The summed E-state index contributed by atoms with van der Waals surface area (Å²) >= 11 is 4.45. The Morgan fingerprint density at radius 1 is 0.786 bits per heavy atom. The molecule has 168 valence electrons. The average Bonchev–Trinajstić information content (AvgIpc) is 2.71. The Morgan fingerprint density at radius 2 is 1.21 bits per heavy atom. The van der Waals surface area contributed by atoms with E-state index in [-0.39, 0.29) is 18.7 Å². The Balaban J connectivity index is 0.00000352. The molecular weight excluding hydrogens is 382 g/mol. The van der Waals surface area contributed by atoms with E-state index < -0.39 is 0 Å². The van der Waals surface area contributed by atoms with E-state index in [1.54, 1.807) is 0 Å². The van der Waals surface area contributed by atoms with Crippen molar-refractivity contribution < 1.29 is 28.5 Å². The van der Waals surface area contributed by atoms with Crippen molar-refractivity contribution in [2.24, 2.45) is 0 Å². The predicted octanol–water partition coefficient (Wildman–Crippen LogP) is 3.46. The molecule has 0 heterocycles. The number of carbonyl (C=O) groups is 1. The molecule has 8 heteroatoms. The number of ether oxygens (including phenoxy) is 5. The van der Waals surface area contributed by atoms with Gasteiger partial charge in [-0.15, -0.1) is 0 Å². The van der Waals surface area contributed by atoms with Crippen molar-refractivity contribution in [2.75, 3.05) is 59.5 Å². The van der Waals surface area contributed by atoms with Crippen LogP contribution in [0.15, 0.2) is 0 Å². The molecule has 0 unspecified atom stereocenters. The maximum atomic E-state index is 11.7. The van der Waals surface area contributed by atoms with Gasteiger partial charge >= 0.3 is 6.09 Å². The van der Waals surface area contributed by atoms with E-state index in [0.717, 1.165) is 38.7 Å². The second-order valence-electron chi connectivity index (χ2n) is 6.24. The Bertz CT molecular complexity index is 341. The third kappa shape index (κ3) is 17.6. The third-order valence-corrected chi connectivity index (χ3v) is 4.46. The first-order chi connectivity index (χ1) is 13.7. The van der Waals surface area contributed by atoms with Crippen LogP contribution in [0.3, 0.4) is 0 Å². The van der Waals surface area contributed by atoms with Gasteiger partial charge in [0.2, 0.25) is 0 Å². The van der Waals surface area contributed by atoms with Gasteiger partial charge in [-0.25, -0.2) is 4.79 Å². The number of nitrogens with one attached hydrogen (secondary N) is 1. The fourth-order valence-electron chi connectivity index (χ4n) is 2.53. The van der Waals surface area contributed by atoms with Crippen LogP contribution in [0.2, 0.25) is 0 Å². The highest BCUT2D eigenvalue weighted by Crippen LogP contribution is 2.22. The molecule has 0 bridgehead atoms. The van der Waals surface area contributed by atoms with Crippen LogP contribution in [0.1, 0.15) is 52.9 Å². The Hall–Kier alpha value is -0.540. The average molecular weight is 424 g/mol. The number of hydrogen-bond donors (Lipinski definition) is 2. The lowest BCUT2D eigenvalue weighted by molar-refractivity contribution is -0.00654. The summed E-state index contributed by atoms with van der Waals surface area (Å²) in [6.45, 7) is 10.7. The molecule has 1 aliphatic carbocycles. The van der Waals surface area contributed by atoms with E-state index in [1.807, 2.05) is 13.8 Å². The van der Waals surface area contributed by atoms with Crippen molar-refractivity contribution in [3.63, 3.8) is 0 Å². The third-order valence-electron chi connectivity index (χ3n) is 3.94. The summed E-state index contributed by atoms with van der Waals surface area (Å²) in [5, 5.41) is 3.35. The van der Waals surface area contributed by atoms with Crippen LogP contribution in [0.4, 0.5) is 4.79 Å². The lowest BCUT2D eigenvalue weighted by Gasteiger charge is -2.26. The Kier molecular flexibility index (Phi) is 20.8. The predicted molar refractivity (Wildman–Crippen MR) is 114 cm³/mol. The molecular formula is C20H41NO6S. The van der Waals surface area contributed by atoms with E-state index in [1.165, 1.54) is 0 Å². The summed E-state index contributed by atoms with van der Waals surface area (Å²) in [6.07, 6.45) is 4.66. The smallest absolute Gasteiger partial charge is 0.407 e. The number of alkyl carbamates (subject to hydrolysis) is 1. The van der Waals surface area contributed by atoms with Gasteiger partial charge in [-0.1, -0.05) is 20.8 Å². The molecule has 0 radical (unpaired) electrons. The quantitative estimate of drug-likeness (QED) is 0.310. The first-order valence-electron chi connectivity index (χ1n) is 10.6. The van der Waals surface area contributed by atoms with Crippen LogP contribution in [-0.2, 0) is 23.7 Å². The number of hydrogen-bond acceptors (Lipinski definition) is 7. The first-order valence-corrected chi connectivity index (χ1v) is 11.2. The Morgan fingerprint density at radius 3 is 1.68 bits per heavy atom.